The maximum Gasteiger partial charge on any atom is 0.331 e. The summed E-state index contributed by atoms with van der Waals surface area (Å²) in [6.07, 6.45) is 6.62. The predicted molar refractivity (Wildman–Crippen MR) is 119 cm³/mol. The molecule has 0 N–H and O–H groups in total. The van der Waals surface area contributed by atoms with Gasteiger partial charge >= 0.3 is 5.97 Å². The molecule has 0 aliphatic carbocycles. The molecule has 0 bridgehead atoms. The summed E-state index contributed by atoms with van der Waals surface area (Å²) in [5.74, 6) is -0.771. The molecular weight excluding hydrogens is 382 g/mol. The van der Waals surface area contributed by atoms with E-state index in [1.807, 2.05) is 60.7 Å². The lowest BCUT2D eigenvalue weighted by Gasteiger charge is -2.23. The van der Waals surface area contributed by atoms with Gasteiger partial charge in [0.2, 0.25) is 0 Å². The van der Waals surface area contributed by atoms with Crippen LogP contribution in [0, 0.1) is 0 Å². The number of likely N-dealkylation sites (N-methyl/N-ethyl adjacent to an activating group) is 1. The van der Waals surface area contributed by atoms with Crippen molar-refractivity contribution in [1.82, 2.24) is 0 Å². The van der Waals surface area contributed by atoms with Crippen molar-refractivity contribution in [1.29, 1.82) is 0 Å². The number of ether oxygens (including phenoxy) is 1. The number of thioether (sulfide) groups is 1. The lowest BCUT2D eigenvalue weighted by molar-refractivity contribution is -0.141. The Bertz CT molecular complexity index is 974. The summed E-state index contributed by atoms with van der Waals surface area (Å²) in [6.45, 7) is 3.90. The number of hydrogen-bond donors (Lipinski definition) is 0. The van der Waals surface area contributed by atoms with Crippen molar-refractivity contribution in [3.05, 3.63) is 77.5 Å². The Balaban J connectivity index is 1.60. The van der Waals surface area contributed by atoms with Crippen LogP contribution in [0.15, 0.2) is 71.3 Å². The SMILES string of the molecule is CSc1ccc(/C=C/C(=O)OCC(=O)/C=C2/N(C)c3ccccc3C2(C)C)cc1. The lowest BCUT2D eigenvalue weighted by atomic mass is 9.83. The molecule has 150 valence electrons. The quantitative estimate of drug-likeness (QED) is 0.389. The molecule has 0 unspecified atom stereocenters. The summed E-state index contributed by atoms with van der Waals surface area (Å²) in [5.41, 5.74) is 3.77. The molecule has 1 aliphatic heterocycles. The van der Waals surface area contributed by atoms with Crippen molar-refractivity contribution >= 4 is 35.3 Å². The number of carbonyl (C=O) groups is 2. The van der Waals surface area contributed by atoms with Crippen molar-refractivity contribution < 1.29 is 14.3 Å². The Kier molecular flexibility index (Phi) is 6.28. The van der Waals surface area contributed by atoms with E-state index in [1.165, 1.54) is 11.6 Å². The van der Waals surface area contributed by atoms with Gasteiger partial charge in [-0.1, -0.05) is 44.2 Å². The van der Waals surface area contributed by atoms with Crippen LogP contribution in [-0.4, -0.2) is 31.7 Å². The van der Waals surface area contributed by atoms with Gasteiger partial charge in [0.1, 0.15) is 0 Å². The van der Waals surface area contributed by atoms with E-state index in [0.29, 0.717) is 0 Å². The topological polar surface area (TPSA) is 46.6 Å². The van der Waals surface area contributed by atoms with Crippen molar-refractivity contribution in [3.8, 4) is 0 Å². The van der Waals surface area contributed by atoms with E-state index in [-0.39, 0.29) is 17.8 Å². The van der Waals surface area contributed by atoms with Crippen LogP contribution in [0.4, 0.5) is 5.69 Å². The highest BCUT2D eigenvalue weighted by atomic mass is 32.2. The fourth-order valence-electron chi connectivity index (χ4n) is 3.52. The third kappa shape index (κ3) is 4.62. The van der Waals surface area contributed by atoms with E-state index in [9.17, 15) is 9.59 Å². The summed E-state index contributed by atoms with van der Waals surface area (Å²) in [4.78, 5) is 27.6. The van der Waals surface area contributed by atoms with Gasteiger partial charge in [0.25, 0.3) is 0 Å². The highest BCUT2D eigenvalue weighted by Crippen LogP contribution is 2.46. The fourth-order valence-corrected chi connectivity index (χ4v) is 3.93. The van der Waals surface area contributed by atoms with Gasteiger partial charge in [-0.3, -0.25) is 4.79 Å². The molecule has 2 aromatic rings. The molecule has 0 radical (unpaired) electrons. The maximum atomic E-state index is 12.4. The van der Waals surface area contributed by atoms with Crippen molar-refractivity contribution in [2.24, 2.45) is 0 Å². The molecule has 0 amide bonds. The van der Waals surface area contributed by atoms with E-state index in [0.717, 1.165) is 21.8 Å². The van der Waals surface area contributed by atoms with E-state index in [2.05, 4.69) is 19.9 Å². The summed E-state index contributed by atoms with van der Waals surface area (Å²) >= 11 is 1.66. The molecule has 1 heterocycles. The summed E-state index contributed by atoms with van der Waals surface area (Å²) < 4.78 is 5.12. The number of para-hydroxylation sites is 1. The zero-order valence-electron chi connectivity index (χ0n) is 17.1. The van der Waals surface area contributed by atoms with Crippen molar-refractivity contribution in [2.45, 2.75) is 24.2 Å². The van der Waals surface area contributed by atoms with E-state index in [1.54, 1.807) is 23.9 Å². The normalized spacial score (nSPS) is 16.3. The Morgan fingerprint density at radius 2 is 1.79 bits per heavy atom. The first-order valence-corrected chi connectivity index (χ1v) is 10.6. The monoisotopic (exact) mass is 407 g/mol. The van der Waals surface area contributed by atoms with E-state index in [4.69, 9.17) is 4.74 Å². The summed E-state index contributed by atoms with van der Waals surface area (Å²) in [7, 11) is 1.95. The highest BCUT2D eigenvalue weighted by molar-refractivity contribution is 7.98. The van der Waals surface area contributed by atoms with E-state index >= 15 is 0 Å². The Morgan fingerprint density at radius 1 is 1.10 bits per heavy atom. The Morgan fingerprint density at radius 3 is 2.45 bits per heavy atom. The van der Waals surface area contributed by atoms with Crippen molar-refractivity contribution in [2.75, 3.05) is 24.8 Å². The molecule has 2 aromatic carbocycles. The average Bonchev–Trinajstić information content (AvgIpc) is 2.92. The molecule has 0 atom stereocenters. The predicted octanol–water partition coefficient (Wildman–Crippen LogP) is 4.85. The van der Waals surface area contributed by atoms with Crippen LogP contribution in [0.1, 0.15) is 25.0 Å². The average molecular weight is 408 g/mol. The largest absolute Gasteiger partial charge is 0.454 e. The molecule has 29 heavy (non-hydrogen) atoms. The molecule has 0 saturated carbocycles. The van der Waals surface area contributed by atoms with Gasteiger partial charge < -0.3 is 9.64 Å². The minimum atomic E-state index is -0.534. The van der Waals surface area contributed by atoms with Crippen LogP contribution in [0.3, 0.4) is 0 Å². The smallest absolute Gasteiger partial charge is 0.331 e. The molecule has 0 aromatic heterocycles. The second-order valence-electron chi connectivity index (χ2n) is 7.41. The second kappa shape index (κ2) is 8.70. The zero-order chi connectivity index (χ0) is 21.0. The van der Waals surface area contributed by atoms with Crippen LogP contribution >= 0.6 is 11.8 Å². The fraction of sp³-hybridized carbons (Fsp3) is 0.250. The molecule has 5 heteroatoms. The maximum absolute atomic E-state index is 12.4. The third-order valence-corrected chi connectivity index (χ3v) is 5.87. The number of esters is 1. The molecular formula is C24H25NO3S. The molecule has 0 saturated heterocycles. The first kappa shape index (κ1) is 20.9. The number of fused-ring (bicyclic) bond motifs is 1. The van der Waals surface area contributed by atoms with Crippen LogP contribution < -0.4 is 4.90 Å². The minimum Gasteiger partial charge on any atom is -0.454 e. The van der Waals surface area contributed by atoms with Crippen molar-refractivity contribution in [3.63, 3.8) is 0 Å². The standard InChI is InChI=1S/C24H25NO3S/c1-24(2)20-7-5-6-8-21(20)25(3)22(24)15-18(26)16-28-23(27)14-11-17-9-12-19(29-4)13-10-17/h5-15H,16H2,1-4H3/b14-11+,22-15+. The number of nitrogens with zero attached hydrogens (tertiary/aromatic N) is 1. The van der Waals surface area contributed by atoms with Gasteiger partial charge in [-0.05, 0) is 41.7 Å². The first-order chi connectivity index (χ1) is 13.8. The molecule has 0 spiro atoms. The first-order valence-electron chi connectivity index (χ1n) is 9.40. The van der Waals surface area contributed by atoms with Gasteiger partial charge in [0.05, 0.1) is 0 Å². The van der Waals surface area contributed by atoms with Gasteiger partial charge in [0.15, 0.2) is 12.4 Å². The third-order valence-electron chi connectivity index (χ3n) is 5.12. The van der Waals surface area contributed by atoms with Gasteiger partial charge in [-0.2, -0.15) is 0 Å². The number of benzene rings is 2. The van der Waals surface area contributed by atoms with Crippen LogP contribution in [0.5, 0.6) is 0 Å². The minimum absolute atomic E-state index is 0.237. The zero-order valence-corrected chi connectivity index (χ0v) is 18.0. The van der Waals surface area contributed by atoms with Gasteiger partial charge in [0, 0.05) is 40.9 Å². The Hall–Kier alpha value is -2.79. The van der Waals surface area contributed by atoms with Crippen LogP contribution in [-0.2, 0) is 19.7 Å². The number of rotatable bonds is 6. The highest BCUT2D eigenvalue weighted by Gasteiger charge is 2.38. The van der Waals surface area contributed by atoms with Gasteiger partial charge in [-0.15, -0.1) is 11.8 Å². The molecule has 0 fully saturated rings. The summed E-state index contributed by atoms with van der Waals surface area (Å²) in [5, 5.41) is 0. The number of allylic oxidation sites excluding steroid dienone is 1. The number of hydrogen-bond acceptors (Lipinski definition) is 5. The number of ketones is 1. The Labute approximate surface area is 176 Å². The van der Waals surface area contributed by atoms with Crippen LogP contribution in [0.25, 0.3) is 6.08 Å². The number of anilines is 1. The molecule has 4 nitrogen and oxygen atoms in total. The summed E-state index contributed by atoms with van der Waals surface area (Å²) in [6, 6.07) is 15.9. The van der Waals surface area contributed by atoms with Gasteiger partial charge in [-0.25, -0.2) is 4.79 Å². The second-order valence-corrected chi connectivity index (χ2v) is 8.29. The van der Waals surface area contributed by atoms with E-state index < -0.39 is 5.97 Å². The van der Waals surface area contributed by atoms with Crippen LogP contribution in [0.2, 0.25) is 0 Å². The number of carbonyl (C=O) groups excluding carboxylic acids is 2. The molecule has 3 rings (SSSR count). The molecule has 1 aliphatic rings. The lowest BCUT2D eigenvalue weighted by Crippen LogP contribution is -2.25.